The maximum absolute atomic E-state index is 2.56. The molecule has 0 amide bonds. The number of thiophene rings is 1. The summed E-state index contributed by atoms with van der Waals surface area (Å²) in [5.74, 6) is 0. The highest BCUT2D eigenvalue weighted by Gasteiger charge is 2.37. The van der Waals surface area contributed by atoms with Crippen molar-refractivity contribution in [2.24, 2.45) is 0 Å². The fourth-order valence-electron chi connectivity index (χ4n) is 7.72. The van der Waals surface area contributed by atoms with Gasteiger partial charge in [-0.2, -0.15) is 9.13 Å². The topological polar surface area (TPSA) is 7.76 Å². The third-order valence-corrected chi connectivity index (χ3v) is 11.2. The predicted molar refractivity (Wildman–Crippen MR) is 180 cm³/mol. The Morgan fingerprint density at radius 3 is 2.30 bits per heavy atom. The quantitative estimate of drug-likeness (QED) is 0.183. The molecule has 2 aliphatic heterocycles. The second-order valence-corrected chi connectivity index (χ2v) is 13.1. The van der Waals surface area contributed by atoms with Crippen molar-refractivity contribution in [1.82, 2.24) is 0 Å². The Labute approximate surface area is 255 Å². The Morgan fingerprint density at radius 1 is 0.651 bits per heavy atom. The van der Waals surface area contributed by atoms with Gasteiger partial charge >= 0.3 is 0 Å². The SMILES string of the molecule is Cc1c(C)c2c(c3c1CC[n+]1ccc4ccccc4c1-3)-c1cccc(C=Cc3cccc4c3sc3ccccc34)[n+]1CC2. The van der Waals surface area contributed by atoms with Crippen LogP contribution >= 0.6 is 11.3 Å². The van der Waals surface area contributed by atoms with E-state index in [0.29, 0.717) is 0 Å². The summed E-state index contributed by atoms with van der Waals surface area (Å²) in [6.07, 6.45) is 9.08. The van der Waals surface area contributed by atoms with E-state index in [1.807, 2.05) is 11.3 Å². The van der Waals surface area contributed by atoms with Crippen molar-refractivity contribution < 1.29 is 9.13 Å². The van der Waals surface area contributed by atoms with Crippen LogP contribution in [0.4, 0.5) is 0 Å². The van der Waals surface area contributed by atoms with E-state index < -0.39 is 0 Å². The van der Waals surface area contributed by atoms with E-state index in [2.05, 4.69) is 132 Å². The molecule has 206 valence electrons. The van der Waals surface area contributed by atoms with Gasteiger partial charge in [-0.05, 0) is 71.3 Å². The highest BCUT2D eigenvalue weighted by molar-refractivity contribution is 7.26. The number of hydrogen-bond acceptors (Lipinski definition) is 1. The molecule has 5 heterocycles. The molecule has 0 fully saturated rings. The molecule has 2 nitrogen and oxygen atoms in total. The summed E-state index contributed by atoms with van der Waals surface area (Å²) in [4.78, 5) is 0. The van der Waals surface area contributed by atoms with Crippen LogP contribution in [0.2, 0.25) is 0 Å². The van der Waals surface area contributed by atoms with E-state index in [4.69, 9.17) is 0 Å². The third kappa shape index (κ3) is 3.64. The minimum atomic E-state index is 0.991. The molecule has 0 spiro atoms. The number of pyridine rings is 2. The van der Waals surface area contributed by atoms with Gasteiger partial charge in [0, 0.05) is 57.3 Å². The van der Waals surface area contributed by atoms with Crippen molar-refractivity contribution in [3.05, 3.63) is 131 Å². The summed E-state index contributed by atoms with van der Waals surface area (Å²) in [5, 5.41) is 5.35. The zero-order valence-corrected chi connectivity index (χ0v) is 25.3. The van der Waals surface area contributed by atoms with Crippen LogP contribution in [0.15, 0.2) is 97.2 Å². The van der Waals surface area contributed by atoms with E-state index >= 15 is 0 Å². The lowest BCUT2D eigenvalue weighted by atomic mass is 9.79. The molecule has 7 aromatic rings. The molecule has 0 N–H and O–H groups in total. The molecular weight excluding hydrogens is 541 g/mol. The first-order valence-corrected chi connectivity index (χ1v) is 16.2. The Kier molecular flexibility index (Phi) is 5.48. The first kappa shape index (κ1) is 24.9. The maximum Gasteiger partial charge on any atom is 0.221 e. The van der Waals surface area contributed by atoms with Gasteiger partial charge in [0.25, 0.3) is 0 Å². The lowest BCUT2D eigenvalue weighted by Gasteiger charge is -2.27. The summed E-state index contributed by atoms with van der Waals surface area (Å²) in [7, 11) is 0. The van der Waals surface area contributed by atoms with E-state index in [9.17, 15) is 0 Å². The Bertz CT molecular complexity index is 2320. The number of benzene rings is 4. The number of hydrogen-bond donors (Lipinski definition) is 0. The van der Waals surface area contributed by atoms with Gasteiger partial charge < -0.3 is 0 Å². The molecule has 0 aliphatic carbocycles. The van der Waals surface area contributed by atoms with Crippen molar-refractivity contribution in [1.29, 1.82) is 0 Å². The molecule has 3 aromatic heterocycles. The molecule has 0 bridgehead atoms. The van der Waals surface area contributed by atoms with Crippen LogP contribution in [0.25, 0.3) is 65.6 Å². The molecular formula is C40H32N2S+2. The summed E-state index contributed by atoms with van der Waals surface area (Å²) >= 11 is 1.90. The van der Waals surface area contributed by atoms with Crippen LogP contribution in [0.1, 0.15) is 33.5 Å². The molecule has 0 saturated carbocycles. The van der Waals surface area contributed by atoms with Crippen molar-refractivity contribution in [2.45, 2.75) is 39.8 Å². The van der Waals surface area contributed by atoms with Crippen LogP contribution < -0.4 is 9.13 Å². The van der Waals surface area contributed by atoms with Crippen LogP contribution in [-0.2, 0) is 25.9 Å². The van der Waals surface area contributed by atoms with Crippen LogP contribution in [-0.4, -0.2) is 0 Å². The minimum Gasteiger partial charge on any atom is -0.197 e. The van der Waals surface area contributed by atoms with E-state index in [-0.39, 0.29) is 0 Å². The monoisotopic (exact) mass is 572 g/mol. The number of aromatic nitrogens is 2. The van der Waals surface area contributed by atoms with E-state index in [1.54, 1.807) is 0 Å². The summed E-state index contributed by atoms with van der Waals surface area (Å²) < 4.78 is 7.76. The molecule has 2 aliphatic rings. The number of aryl methyl sites for hydroxylation is 1. The summed E-state index contributed by atoms with van der Waals surface area (Å²) in [5.41, 5.74) is 14.2. The second-order valence-electron chi connectivity index (χ2n) is 12.0. The van der Waals surface area contributed by atoms with Gasteiger partial charge in [-0.15, -0.1) is 11.3 Å². The predicted octanol–water partition coefficient (Wildman–Crippen LogP) is 9.02. The summed E-state index contributed by atoms with van der Waals surface area (Å²) in [6, 6.07) is 33.5. The smallest absolute Gasteiger partial charge is 0.197 e. The normalized spacial score (nSPS) is 13.8. The zero-order chi connectivity index (χ0) is 28.7. The van der Waals surface area contributed by atoms with E-state index in [1.165, 1.54) is 87.0 Å². The van der Waals surface area contributed by atoms with Crippen molar-refractivity contribution in [3.8, 4) is 22.5 Å². The third-order valence-electron chi connectivity index (χ3n) is 9.93. The van der Waals surface area contributed by atoms with Gasteiger partial charge in [0.05, 0.1) is 16.5 Å². The van der Waals surface area contributed by atoms with Crippen LogP contribution in [0.5, 0.6) is 0 Å². The average Bonchev–Trinajstić information content (AvgIpc) is 3.44. The Hall–Kier alpha value is -4.60. The maximum atomic E-state index is 2.56. The van der Waals surface area contributed by atoms with Gasteiger partial charge in [0.2, 0.25) is 17.1 Å². The van der Waals surface area contributed by atoms with Crippen LogP contribution in [0.3, 0.4) is 0 Å². The Balaban J connectivity index is 1.25. The number of fused-ring (bicyclic) bond motifs is 12. The Morgan fingerprint density at radius 2 is 1.40 bits per heavy atom. The molecule has 9 rings (SSSR count). The van der Waals surface area contributed by atoms with E-state index in [0.717, 1.165) is 25.9 Å². The average molecular weight is 573 g/mol. The van der Waals surface area contributed by atoms with Gasteiger partial charge in [-0.1, -0.05) is 54.6 Å². The zero-order valence-electron chi connectivity index (χ0n) is 24.5. The van der Waals surface area contributed by atoms with Gasteiger partial charge in [-0.25, -0.2) is 0 Å². The fraction of sp³-hybridized carbons (Fsp3) is 0.150. The van der Waals surface area contributed by atoms with Crippen molar-refractivity contribution in [3.63, 3.8) is 0 Å². The minimum absolute atomic E-state index is 0.991. The first-order valence-electron chi connectivity index (χ1n) is 15.4. The van der Waals surface area contributed by atoms with Gasteiger partial charge in [-0.3, -0.25) is 0 Å². The van der Waals surface area contributed by atoms with Gasteiger partial charge in [0.1, 0.15) is 0 Å². The largest absolute Gasteiger partial charge is 0.221 e. The van der Waals surface area contributed by atoms with Gasteiger partial charge in [0.15, 0.2) is 19.3 Å². The van der Waals surface area contributed by atoms with Crippen LogP contribution in [0, 0.1) is 13.8 Å². The summed E-state index contributed by atoms with van der Waals surface area (Å²) in [6.45, 7) is 6.72. The molecule has 0 saturated heterocycles. The van der Waals surface area contributed by atoms with Crippen molar-refractivity contribution >= 4 is 54.4 Å². The molecule has 0 radical (unpaired) electrons. The molecule has 4 aromatic carbocycles. The van der Waals surface area contributed by atoms with Crippen molar-refractivity contribution in [2.75, 3.05) is 0 Å². The molecule has 0 atom stereocenters. The fourth-order valence-corrected chi connectivity index (χ4v) is 8.92. The highest BCUT2D eigenvalue weighted by Crippen LogP contribution is 2.45. The number of nitrogens with zero attached hydrogens (tertiary/aromatic N) is 2. The lowest BCUT2D eigenvalue weighted by molar-refractivity contribution is -0.690. The standard InChI is InChI=1S/C40H32N2S/c1-25-26(2)31-20-23-41-22-19-27-9-3-4-12-32(27)39(41)38(31)37-30(25)21-24-42-29(11-8-15-35(37)42)18-17-28-10-7-14-34-33-13-5-6-16-36(33)43-40(28)34/h3-19,22H,20-21,23-24H2,1-2H3/q+2. The number of rotatable bonds is 2. The highest BCUT2D eigenvalue weighted by atomic mass is 32.1. The molecule has 3 heteroatoms. The lowest BCUT2D eigenvalue weighted by Crippen LogP contribution is -2.45. The first-order chi connectivity index (χ1) is 21.2. The molecule has 0 unspecified atom stereocenters. The molecule has 43 heavy (non-hydrogen) atoms. The second kappa shape index (κ2) is 9.45.